The van der Waals surface area contributed by atoms with Crippen molar-refractivity contribution in [1.29, 1.82) is 0 Å². The maximum atomic E-state index is 6.21. The Morgan fingerprint density at radius 1 is 1.11 bits per heavy atom. The van der Waals surface area contributed by atoms with Gasteiger partial charge in [-0.25, -0.2) is 0 Å². The molecule has 2 N–H and O–H groups in total. The second-order valence-electron chi connectivity index (χ2n) is 6.51. The number of ether oxygens (including phenoxy) is 1. The van der Waals surface area contributed by atoms with Crippen molar-refractivity contribution in [2.45, 2.75) is 52.2 Å². The van der Waals surface area contributed by atoms with Crippen LogP contribution in [0.4, 0.5) is 0 Å². The number of para-hydroxylation sites is 1. The molecule has 2 nitrogen and oxygen atoms in total. The van der Waals surface area contributed by atoms with Gasteiger partial charge in [-0.05, 0) is 42.7 Å². The Bertz CT molecular complexity index is 368. The maximum Gasteiger partial charge on any atom is 0.119 e. The molecule has 1 saturated carbocycles. The van der Waals surface area contributed by atoms with Gasteiger partial charge in [0.1, 0.15) is 11.9 Å². The van der Waals surface area contributed by atoms with E-state index in [2.05, 4.69) is 20.8 Å². The second-order valence-corrected chi connectivity index (χ2v) is 6.51. The van der Waals surface area contributed by atoms with Gasteiger partial charge in [-0.1, -0.05) is 39.0 Å². The Labute approximate surface area is 111 Å². The van der Waals surface area contributed by atoms with Crippen LogP contribution in [0, 0.1) is 11.3 Å². The van der Waals surface area contributed by atoms with E-state index in [-0.39, 0.29) is 12.1 Å². The van der Waals surface area contributed by atoms with Gasteiger partial charge in [0.2, 0.25) is 0 Å². The average Bonchev–Trinajstić information content (AvgIpc) is 2.32. The van der Waals surface area contributed by atoms with Crippen molar-refractivity contribution in [3.63, 3.8) is 0 Å². The summed E-state index contributed by atoms with van der Waals surface area (Å²) in [6, 6.07) is 10.2. The molecule has 2 rings (SSSR count). The molecule has 2 heteroatoms. The highest BCUT2D eigenvalue weighted by Crippen LogP contribution is 2.38. The molecular formula is C16H25NO. The highest BCUT2D eigenvalue weighted by atomic mass is 16.5. The van der Waals surface area contributed by atoms with E-state index in [1.807, 2.05) is 30.3 Å². The molecule has 1 fully saturated rings. The molecule has 1 aromatic rings. The van der Waals surface area contributed by atoms with E-state index in [1.54, 1.807) is 0 Å². The first kappa shape index (κ1) is 13.4. The average molecular weight is 247 g/mol. The molecule has 0 saturated heterocycles. The van der Waals surface area contributed by atoms with Crippen molar-refractivity contribution >= 4 is 0 Å². The molecule has 0 heterocycles. The van der Waals surface area contributed by atoms with Crippen molar-refractivity contribution in [2.75, 3.05) is 0 Å². The fourth-order valence-corrected chi connectivity index (χ4v) is 2.75. The zero-order valence-corrected chi connectivity index (χ0v) is 11.7. The molecule has 1 aliphatic rings. The normalized spacial score (nSPS) is 29.0. The molecule has 0 aromatic heterocycles. The van der Waals surface area contributed by atoms with Gasteiger partial charge in [-0.2, -0.15) is 0 Å². The van der Waals surface area contributed by atoms with Crippen molar-refractivity contribution in [3.8, 4) is 5.75 Å². The molecule has 1 aromatic carbocycles. The van der Waals surface area contributed by atoms with Crippen LogP contribution in [0.3, 0.4) is 0 Å². The van der Waals surface area contributed by atoms with Gasteiger partial charge < -0.3 is 10.5 Å². The van der Waals surface area contributed by atoms with Crippen molar-refractivity contribution < 1.29 is 4.74 Å². The van der Waals surface area contributed by atoms with Crippen LogP contribution in [0.15, 0.2) is 30.3 Å². The van der Waals surface area contributed by atoms with Gasteiger partial charge in [0, 0.05) is 6.04 Å². The van der Waals surface area contributed by atoms with Crippen molar-refractivity contribution in [2.24, 2.45) is 17.1 Å². The van der Waals surface area contributed by atoms with E-state index in [0.717, 1.165) is 18.6 Å². The monoisotopic (exact) mass is 247 g/mol. The van der Waals surface area contributed by atoms with E-state index < -0.39 is 0 Å². The van der Waals surface area contributed by atoms with Gasteiger partial charge in [0.25, 0.3) is 0 Å². The quantitative estimate of drug-likeness (QED) is 0.866. The summed E-state index contributed by atoms with van der Waals surface area (Å²) in [7, 11) is 0. The number of benzene rings is 1. The minimum Gasteiger partial charge on any atom is -0.489 e. The molecule has 1 aliphatic carbocycles. The Morgan fingerprint density at radius 2 is 1.78 bits per heavy atom. The fourth-order valence-electron chi connectivity index (χ4n) is 2.75. The third-order valence-electron chi connectivity index (χ3n) is 4.10. The maximum absolute atomic E-state index is 6.21. The van der Waals surface area contributed by atoms with Crippen molar-refractivity contribution in [3.05, 3.63) is 30.3 Å². The molecule has 3 unspecified atom stereocenters. The van der Waals surface area contributed by atoms with E-state index >= 15 is 0 Å². The summed E-state index contributed by atoms with van der Waals surface area (Å²) in [6.07, 6.45) is 3.52. The lowest BCUT2D eigenvalue weighted by atomic mass is 9.70. The predicted octanol–water partition coefficient (Wildman–Crippen LogP) is 3.61. The summed E-state index contributed by atoms with van der Waals surface area (Å²) < 4.78 is 6.07. The van der Waals surface area contributed by atoms with Crippen molar-refractivity contribution in [1.82, 2.24) is 0 Å². The number of hydrogen-bond donors (Lipinski definition) is 1. The third kappa shape index (κ3) is 3.26. The molecule has 0 aliphatic heterocycles. The summed E-state index contributed by atoms with van der Waals surface area (Å²) >= 11 is 0. The van der Waals surface area contributed by atoms with Crippen LogP contribution in [-0.2, 0) is 0 Å². The molecule has 0 bridgehead atoms. The first-order valence-electron chi connectivity index (χ1n) is 6.94. The topological polar surface area (TPSA) is 35.2 Å². The van der Waals surface area contributed by atoms with Crippen LogP contribution in [-0.4, -0.2) is 12.1 Å². The summed E-state index contributed by atoms with van der Waals surface area (Å²) in [5.41, 5.74) is 6.55. The van der Waals surface area contributed by atoms with Gasteiger partial charge in [-0.3, -0.25) is 0 Å². The first-order valence-corrected chi connectivity index (χ1v) is 6.94. The van der Waals surface area contributed by atoms with Crippen LogP contribution in [0.5, 0.6) is 5.75 Å². The highest BCUT2D eigenvalue weighted by Gasteiger charge is 2.35. The van der Waals surface area contributed by atoms with Crippen LogP contribution in [0.25, 0.3) is 0 Å². The summed E-state index contributed by atoms with van der Waals surface area (Å²) in [5, 5.41) is 0. The molecule has 0 spiro atoms. The van der Waals surface area contributed by atoms with Gasteiger partial charge in [0.15, 0.2) is 0 Å². The number of rotatable bonds is 2. The van der Waals surface area contributed by atoms with E-state index in [0.29, 0.717) is 11.3 Å². The van der Waals surface area contributed by atoms with E-state index in [1.165, 1.54) is 6.42 Å². The van der Waals surface area contributed by atoms with Gasteiger partial charge in [-0.15, -0.1) is 0 Å². The summed E-state index contributed by atoms with van der Waals surface area (Å²) in [5.74, 6) is 1.64. The van der Waals surface area contributed by atoms with Crippen LogP contribution < -0.4 is 10.5 Å². The minimum absolute atomic E-state index is 0.158. The molecular weight excluding hydrogens is 222 g/mol. The molecule has 18 heavy (non-hydrogen) atoms. The number of nitrogens with two attached hydrogens (primary N) is 1. The zero-order chi connectivity index (χ0) is 13.2. The smallest absolute Gasteiger partial charge is 0.119 e. The lowest BCUT2D eigenvalue weighted by Crippen LogP contribution is -2.46. The second kappa shape index (κ2) is 5.31. The van der Waals surface area contributed by atoms with E-state index in [9.17, 15) is 0 Å². The number of hydrogen-bond acceptors (Lipinski definition) is 2. The molecule has 3 atom stereocenters. The zero-order valence-electron chi connectivity index (χ0n) is 11.7. The Kier molecular flexibility index (Phi) is 3.96. The lowest BCUT2D eigenvalue weighted by Gasteiger charge is -2.40. The fraction of sp³-hybridized carbons (Fsp3) is 0.625. The van der Waals surface area contributed by atoms with Crippen LogP contribution >= 0.6 is 0 Å². The first-order chi connectivity index (χ1) is 8.47. The largest absolute Gasteiger partial charge is 0.489 e. The van der Waals surface area contributed by atoms with Gasteiger partial charge >= 0.3 is 0 Å². The summed E-state index contributed by atoms with van der Waals surface area (Å²) in [4.78, 5) is 0. The van der Waals surface area contributed by atoms with Crippen LogP contribution in [0.2, 0.25) is 0 Å². The van der Waals surface area contributed by atoms with Crippen LogP contribution in [0.1, 0.15) is 40.0 Å². The molecule has 0 radical (unpaired) electrons. The minimum atomic E-state index is 0.158. The Morgan fingerprint density at radius 3 is 2.39 bits per heavy atom. The predicted molar refractivity (Wildman–Crippen MR) is 75.6 cm³/mol. The molecule has 100 valence electrons. The van der Waals surface area contributed by atoms with Gasteiger partial charge in [0.05, 0.1) is 0 Å². The summed E-state index contributed by atoms with van der Waals surface area (Å²) in [6.45, 7) is 6.94. The molecule has 0 amide bonds. The Balaban J connectivity index is 2.02. The SMILES string of the molecule is CC(C)(C)C1CCC(N)C(Oc2ccccc2)C1. The Hall–Kier alpha value is -1.02. The van der Waals surface area contributed by atoms with E-state index in [4.69, 9.17) is 10.5 Å². The lowest BCUT2D eigenvalue weighted by molar-refractivity contribution is 0.0592. The highest BCUT2D eigenvalue weighted by molar-refractivity contribution is 5.21. The standard InChI is InChI=1S/C16H25NO/c1-16(2,3)12-9-10-14(17)15(11-12)18-13-7-5-4-6-8-13/h4-8,12,14-15H,9-11,17H2,1-3H3. The third-order valence-corrected chi connectivity index (χ3v) is 4.10.